The highest BCUT2D eigenvalue weighted by atomic mass is 16.1. The van der Waals surface area contributed by atoms with Crippen LogP contribution in [0.4, 0.5) is 0 Å². The fourth-order valence-electron chi connectivity index (χ4n) is 3.69. The average Bonchev–Trinajstić information content (AvgIpc) is 2.75. The van der Waals surface area contributed by atoms with Gasteiger partial charge in [0.25, 0.3) is 0 Å². The molecule has 0 aromatic heterocycles. The maximum atomic E-state index is 12.2. The Morgan fingerprint density at radius 1 is 1.47 bits per heavy atom. The first kappa shape index (κ1) is 10.9. The summed E-state index contributed by atoms with van der Waals surface area (Å²) in [6.45, 7) is 10.5. The predicted molar refractivity (Wildman–Crippen MR) is 62.5 cm³/mol. The largest absolute Gasteiger partial charge is 0.299 e. The Kier molecular flexibility index (Phi) is 2.52. The van der Waals surface area contributed by atoms with Crippen molar-refractivity contribution in [1.82, 2.24) is 0 Å². The van der Waals surface area contributed by atoms with E-state index in [1.807, 2.05) is 6.08 Å². The van der Waals surface area contributed by atoms with Crippen LogP contribution >= 0.6 is 0 Å². The van der Waals surface area contributed by atoms with Crippen molar-refractivity contribution in [3.8, 4) is 0 Å². The van der Waals surface area contributed by atoms with Crippen LogP contribution in [0.2, 0.25) is 0 Å². The van der Waals surface area contributed by atoms with E-state index in [0.29, 0.717) is 17.1 Å². The first-order chi connectivity index (χ1) is 7.00. The van der Waals surface area contributed by atoms with Crippen LogP contribution in [-0.4, -0.2) is 5.78 Å². The molecule has 1 nitrogen and oxygen atoms in total. The van der Waals surface area contributed by atoms with Crippen molar-refractivity contribution in [2.75, 3.05) is 0 Å². The normalized spacial score (nSPS) is 43.0. The number of fused-ring (bicyclic) bond motifs is 1. The molecule has 2 fully saturated rings. The summed E-state index contributed by atoms with van der Waals surface area (Å²) in [5.41, 5.74) is 0.406. The summed E-state index contributed by atoms with van der Waals surface area (Å²) in [7, 11) is 0. The monoisotopic (exact) mass is 206 g/mol. The molecule has 0 aliphatic heterocycles. The number of ketones is 1. The fraction of sp³-hybridized carbons (Fsp3) is 0.786. The minimum Gasteiger partial charge on any atom is -0.299 e. The van der Waals surface area contributed by atoms with Gasteiger partial charge in [0.05, 0.1) is 0 Å². The lowest BCUT2D eigenvalue weighted by Crippen LogP contribution is -2.23. The first-order valence-corrected chi connectivity index (χ1v) is 6.14. The van der Waals surface area contributed by atoms with Crippen LogP contribution in [-0.2, 0) is 4.79 Å². The molecule has 0 heterocycles. The molecule has 0 bridgehead atoms. The Bertz CT molecular complexity index is 290. The molecule has 84 valence electrons. The van der Waals surface area contributed by atoms with Gasteiger partial charge in [0.1, 0.15) is 5.78 Å². The van der Waals surface area contributed by atoms with E-state index >= 15 is 0 Å². The number of Topliss-reactive ketones (excluding diaryl/α,β-unsaturated/α-hetero) is 1. The smallest absolute Gasteiger partial charge is 0.139 e. The van der Waals surface area contributed by atoms with Crippen LogP contribution < -0.4 is 0 Å². The van der Waals surface area contributed by atoms with Crippen LogP contribution in [0.25, 0.3) is 0 Å². The summed E-state index contributed by atoms with van der Waals surface area (Å²) in [4.78, 5) is 12.2. The summed E-state index contributed by atoms with van der Waals surface area (Å²) in [6, 6.07) is 0. The lowest BCUT2D eigenvalue weighted by atomic mass is 9.84. The van der Waals surface area contributed by atoms with E-state index in [2.05, 4.69) is 27.4 Å². The Balaban J connectivity index is 2.21. The lowest BCUT2D eigenvalue weighted by molar-refractivity contribution is -0.127. The second-order valence-corrected chi connectivity index (χ2v) is 5.97. The molecule has 0 radical (unpaired) electrons. The molecule has 0 amide bonds. The molecule has 0 aromatic carbocycles. The van der Waals surface area contributed by atoms with E-state index in [1.54, 1.807) is 0 Å². The van der Waals surface area contributed by atoms with Gasteiger partial charge in [0.2, 0.25) is 0 Å². The number of carbonyl (C=O) groups is 1. The zero-order chi connectivity index (χ0) is 11.2. The zero-order valence-corrected chi connectivity index (χ0v) is 10.1. The topological polar surface area (TPSA) is 17.1 Å². The number of carbonyl (C=O) groups excluding carboxylic acids is 1. The molecule has 2 rings (SSSR count). The van der Waals surface area contributed by atoms with Gasteiger partial charge < -0.3 is 0 Å². The number of allylic oxidation sites excluding steroid dienone is 1. The molecule has 2 aliphatic rings. The maximum absolute atomic E-state index is 12.2. The van der Waals surface area contributed by atoms with Crippen molar-refractivity contribution in [3.05, 3.63) is 12.7 Å². The van der Waals surface area contributed by atoms with Crippen LogP contribution in [0.15, 0.2) is 12.7 Å². The highest BCUT2D eigenvalue weighted by Crippen LogP contribution is 2.66. The van der Waals surface area contributed by atoms with Gasteiger partial charge in [-0.1, -0.05) is 26.8 Å². The highest BCUT2D eigenvalue weighted by molar-refractivity contribution is 5.84. The van der Waals surface area contributed by atoms with Crippen molar-refractivity contribution >= 4 is 5.78 Å². The van der Waals surface area contributed by atoms with E-state index in [1.165, 1.54) is 6.42 Å². The molecular weight excluding hydrogens is 184 g/mol. The summed E-state index contributed by atoms with van der Waals surface area (Å²) in [6.07, 6.45) is 5.15. The van der Waals surface area contributed by atoms with E-state index in [9.17, 15) is 4.79 Å². The first-order valence-electron chi connectivity index (χ1n) is 6.14. The van der Waals surface area contributed by atoms with Crippen molar-refractivity contribution in [1.29, 1.82) is 0 Å². The molecule has 15 heavy (non-hydrogen) atoms. The van der Waals surface area contributed by atoms with Gasteiger partial charge >= 0.3 is 0 Å². The summed E-state index contributed by atoms with van der Waals surface area (Å²) >= 11 is 0. The molecule has 2 saturated carbocycles. The Labute approximate surface area is 92.9 Å². The second-order valence-electron chi connectivity index (χ2n) is 5.97. The standard InChI is InChI=1S/C14H22O/c1-5-6-10-12-11(14(12,3)4)8-7-9(2)13(10)15/h5,9-12H,1,6-8H2,2-4H3/t9-,10-,11+,12-/m0/s1. The van der Waals surface area contributed by atoms with Gasteiger partial charge in [-0.05, 0) is 36.5 Å². The third-order valence-electron chi connectivity index (χ3n) is 4.76. The van der Waals surface area contributed by atoms with Crippen molar-refractivity contribution < 1.29 is 4.79 Å². The summed E-state index contributed by atoms with van der Waals surface area (Å²) in [5.74, 6) is 2.45. The van der Waals surface area contributed by atoms with Gasteiger partial charge in [-0.15, -0.1) is 6.58 Å². The van der Waals surface area contributed by atoms with E-state index < -0.39 is 0 Å². The van der Waals surface area contributed by atoms with Crippen LogP contribution in [0.5, 0.6) is 0 Å². The van der Waals surface area contributed by atoms with Gasteiger partial charge in [0.15, 0.2) is 0 Å². The molecular formula is C14H22O. The number of hydrogen-bond acceptors (Lipinski definition) is 1. The molecule has 0 spiro atoms. The number of rotatable bonds is 2. The van der Waals surface area contributed by atoms with Crippen molar-refractivity contribution in [3.63, 3.8) is 0 Å². The third-order valence-corrected chi connectivity index (χ3v) is 4.76. The highest BCUT2D eigenvalue weighted by Gasteiger charge is 2.62. The lowest BCUT2D eigenvalue weighted by Gasteiger charge is -2.19. The zero-order valence-electron chi connectivity index (χ0n) is 10.1. The molecule has 1 heteroatoms. The van der Waals surface area contributed by atoms with Crippen molar-refractivity contribution in [2.45, 2.75) is 40.0 Å². The Morgan fingerprint density at radius 3 is 2.73 bits per heavy atom. The van der Waals surface area contributed by atoms with Crippen LogP contribution in [0.3, 0.4) is 0 Å². The molecule has 0 saturated heterocycles. The Hall–Kier alpha value is -0.590. The van der Waals surface area contributed by atoms with Gasteiger partial charge in [-0.2, -0.15) is 0 Å². The quantitative estimate of drug-likeness (QED) is 0.632. The molecule has 4 atom stereocenters. The van der Waals surface area contributed by atoms with Gasteiger partial charge in [-0.25, -0.2) is 0 Å². The third kappa shape index (κ3) is 1.56. The molecule has 0 N–H and O–H groups in total. The number of hydrogen-bond donors (Lipinski definition) is 0. The second kappa shape index (κ2) is 3.47. The van der Waals surface area contributed by atoms with E-state index in [4.69, 9.17) is 0 Å². The maximum Gasteiger partial charge on any atom is 0.139 e. The van der Waals surface area contributed by atoms with E-state index in [0.717, 1.165) is 18.8 Å². The summed E-state index contributed by atoms with van der Waals surface area (Å²) < 4.78 is 0. The predicted octanol–water partition coefficient (Wildman–Crippen LogP) is 3.45. The minimum absolute atomic E-state index is 0.264. The van der Waals surface area contributed by atoms with Gasteiger partial charge in [0, 0.05) is 11.8 Å². The SMILES string of the molecule is C=CC[C@@H]1C(=O)[C@@H](C)CC[C@@H]2[C@H]1C2(C)C. The van der Waals surface area contributed by atoms with Gasteiger partial charge in [-0.3, -0.25) is 4.79 Å². The molecule has 2 aliphatic carbocycles. The van der Waals surface area contributed by atoms with Crippen molar-refractivity contribution in [2.24, 2.45) is 29.1 Å². The molecule has 0 unspecified atom stereocenters. The summed E-state index contributed by atoms with van der Waals surface area (Å²) in [5, 5.41) is 0. The Morgan fingerprint density at radius 2 is 2.13 bits per heavy atom. The fourth-order valence-corrected chi connectivity index (χ4v) is 3.69. The minimum atomic E-state index is 0.264. The molecule has 0 aromatic rings. The van der Waals surface area contributed by atoms with E-state index in [-0.39, 0.29) is 11.8 Å². The average molecular weight is 206 g/mol. The van der Waals surface area contributed by atoms with Crippen LogP contribution in [0, 0.1) is 29.1 Å². The van der Waals surface area contributed by atoms with Crippen LogP contribution in [0.1, 0.15) is 40.0 Å².